The van der Waals surface area contributed by atoms with Crippen molar-refractivity contribution in [3.8, 4) is 0 Å². The summed E-state index contributed by atoms with van der Waals surface area (Å²) in [5, 5.41) is 5.93. The van der Waals surface area contributed by atoms with E-state index in [9.17, 15) is 4.79 Å². The maximum atomic E-state index is 11.5. The summed E-state index contributed by atoms with van der Waals surface area (Å²) < 4.78 is 0. The van der Waals surface area contributed by atoms with Gasteiger partial charge in [-0.05, 0) is 12.5 Å². The van der Waals surface area contributed by atoms with Gasteiger partial charge in [-0.1, -0.05) is 30.3 Å². The van der Waals surface area contributed by atoms with Crippen molar-refractivity contribution in [2.24, 2.45) is 5.73 Å². The first-order chi connectivity index (χ1) is 8.66. The summed E-state index contributed by atoms with van der Waals surface area (Å²) in [4.78, 5) is 15.8. The molecular weight excluding hydrogens is 246 g/mol. The van der Waals surface area contributed by atoms with Gasteiger partial charge in [-0.2, -0.15) is 0 Å². The zero-order valence-corrected chi connectivity index (χ0v) is 10.9. The predicted molar refractivity (Wildman–Crippen MR) is 72.1 cm³/mol. The number of nitrogens with one attached hydrogen (secondary N) is 1. The fourth-order valence-electron chi connectivity index (χ4n) is 1.68. The second kappa shape index (κ2) is 5.75. The molecule has 18 heavy (non-hydrogen) atoms. The van der Waals surface area contributed by atoms with Gasteiger partial charge in [0, 0.05) is 11.9 Å². The SMILES string of the molecule is Cc1nc(C(NCc2ccccc2)C(N)=O)cs1. The van der Waals surface area contributed by atoms with Crippen LogP contribution in [-0.4, -0.2) is 10.9 Å². The van der Waals surface area contributed by atoms with Gasteiger partial charge in [0.15, 0.2) is 0 Å². The number of primary amides is 1. The average molecular weight is 261 g/mol. The number of benzene rings is 1. The molecular formula is C13H15N3OS. The van der Waals surface area contributed by atoms with Crippen LogP contribution < -0.4 is 11.1 Å². The number of carbonyl (C=O) groups excluding carboxylic acids is 1. The van der Waals surface area contributed by atoms with Crippen molar-refractivity contribution < 1.29 is 4.79 Å². The standard InChI is InChI=1S/C13H15N3OS/c1-9-16-11(8-18-9)12(13(14)17)15-7-10-5-3-2-4-6-10/h2-6,8,12,15H,7H2,1H3,(H2,14,17). The van der Waals surface area contributed by atoms with Crippen LogP contribution in [0.4, 0.5) is 0 Å². The molecule has 0 bridgehead atoms. The van der Waals surface area contributed by atoms with E-state index in [0.29, 0.717) is 12.2 Å². The number of hydrogen-bond donors (Lipinski definition) is 2. The minimum atomic E-state index is -0.532. The van der Waals surface area contributed by atoms with Crippen molar-refractivity contribution in [2.75, 3.05) is 0 Å². The number of carbonyl (C=O) groups is 1. The first kappa shape index (κ1) is 12.7. The first-order valence-electron chi connectivity index (χ1n) is 5.65. The number of nitrogens with two attached hydrogens (primary N) is 1. The molecule has 0 radical (unpaired) electrons. The monoisotopic (exact) mass is 261 g/mol. The van der Waals surface area contributed by atoms with E-state index in [0.717, 1.165) is 10.6 Å². The summed E-state index contributed by atoms with van der Waals surface area (Å²) in [5.74, 6) is -0.406. The third kappa shape index (κ3) is 3.15. The van der Waals surface area contributed by atoms with E-state index in [2.05, 4.69) is 10.3 Å². The number of nitrogens with zero attached hydrogens (tertiary/aromatic N) is 1. The predicted octanol–water partition coefficient (Wildman–Crippen LogP) is 1.77. The van der Waals surface area contributed by atoms with E-state index in [-0.39, 0.29) is 0 Å². The third-order valence-electron chi connectivity index (χ3n) is 2.57. The van der Waals surface area contributed by atoms with E-state index < -0.39 is 11.9 Å². The summed E-state index contributed by atoms with van der Waals surface area (Å²) in [6, 6.07) is 9.34. The largest absolute Gasteiger partial charge is 0.368 e. The van der Waals surface area contributed by atoms with Crippen LogP contribution in [0.5, 0.6) is 0 Å². The van der Waals surface area contributed by atoms with Gasteiger partial charge in [-0.25, -0.2) is 4.98 Å². The smallest absolute Gasteiger partial charge is 0.240 e. The number of hydrogen-bond acceptors (Lipinski definition) is 4. The first-order valence-corrected chi connectivity index (χ1v) is 6.53. The number of aromatic nitrogens is 1. The molecule has 0 fully saturated rings. The zero-order valence-electron chi connectivity index (χ0n) is 10.1. The fourth-order valence-corrected chi connectivity index (χ4v) is 2.32. The molecule has 5 heteroatoms. The highest BCUT2D eigenvalue weighted by molar-refractivity contribution is 7.09. The molecule has 2 aromatic rings. The molecule has 0 spiro atoms. The normalized spacial score (nSPS) is 12.3. The van der Waals surface area contributed by atoms with Crippen LogP contribution in [0.2, 0.25) is 0 Å². The van der Waals surface area contributed by atoms with Crippen molar-refractivity contribution in [1.82, 2.24) is 10.3 Å². The molecule has 94 valence electrons. The van der Waals surface area contributed by atoms with E-state index in [1.165, 1.54) is 11.3 Å². The van der Waals surface area contributed by atoms with Crippen molar-refractivity contribution >= 4 is 17.2 Å². The Morgan fingerprint density at radius 2 is 2.17 bits per heavy atom. The lowest BCUT2D eigenvalue weighted by molar-refractivity contribution is -0.120. The Morgan fingerprint density at radius 3 is 2.72 bits per heavy atom. The molecule has 2 rings (SSSR count). The molecule has 1 aromatic heterocycles. The van der Waals surface area contributed by atoms with Gasteiger partial charge in [0.05, 0.1) is 10.7 Å². The molecule has 1 atom stereocenters. The molecule has 1 aromatic carbocycles. The summed E-state index contributed by atoms with van der Waals surface area (Å²) in [6.07, 6.45) is 0. The van der Waals surface area contributed by atoms with Crippen molar-refractivity contribution in [1.29, 1.82) is 0 Å². The number of amides is 1. The second-order valence-electron chi connectivity index (χ2n) is 3.99. The molecule has 0 saturated heterocycles. The van der Waals surface area contributed by atoms with Crippen molar-refractivity contribution in [3.63, 3.8) is 0 Å². The molecule has 0 saturated carbocycles. The zero-order chi connectivity index (χ0) is 13.0. The van der Waals surface area contributed by atoms with Gasteiger partial charge >= 0.3 is 0 Å². The molecule has 1 amide bonds. The Hall–Kier alpha value is -1.72. The Labute approximate surface area is 110 Å². The van der Waals surface area contributed by atoms with Crippen molar-refractivity contribution in [2.45, 2.75) is 19.5 Å². The molecule has 1 heterocycles. The molecule has 3 N–H and O–H groups in total. The van der Waals surface area contributed by atoms with E-state index in [1.54, 1.807) is 0 Å². The maximum absolute atomic E-state index is 11.5. The highest BCUT2D eigenvalue weighted by Crippen LogP contribution is 2.16. The van der Waals surface area contributed by atoms with Crippen LogP contribution in [0.15, 0.2) is 35.7 Å². The van der Waals surface area contributed by atoms with Gasteiger partial charge in [0.25, 0.3) is 0 Å². The minimum Gasteiger partial charge on any atom is -0.368 e. The second-order valence-corrected chi connectivity index (χ2v) is 5.06. The van der Waals surface area contributed by atoms with E-state index in [4.69, 9.17) is 5.73 Å². The van der Waals surface area contributed by atoms with Crippen LogP contribution in [0.25, 0.3) is 0 Å². The van der Waals surface area contributed by atoms with Crippen LogP contribution >= 0.6 is 11.3 Å². The highest BCUT2D eigenvalue weighted by Gasteiger charge is 2.19. The molecule has 4 nitrogen and oxygen atoms in total. The van der Waals surface area contributed by atoms with E-state index >= 15 is 0 Å². The lowest BCUT2D eigenvalue weighted by Gasteiger charge is -2.13. The maximum Gasteiger partial charge on any atom is 0.240 e. The summed E-state index contributed by atoms with van der Waals surface area (Å²) >= 11 is 1.51. The summed E-state index contributed by atoms with van der Waals surface area (Å²) in [7, 11) is 0. The third-order valence-corrected chi connectivity index (χ3v) is 3.36. The van der Waals surface area contributed by atoms with Gasteiger partial charge in [-0.15, -0.1) is 11.3 Å². The van der Waals surface area contributed by atoms with Crippen LogP contribution in [0, 0.1) is 6.92 Å². The van der Waals surface area contributed by atoms with Crippen molar-refractivity contribution in [3.05, 3.63) is 52.0 Å². The van der Waals surface area contributed by atoms with Crippen LogP contribution in [0.1, 0.15) is 22.3 Å². The number of aryl methyl sites for hydroxylation is 1. The summed E-state index contributed by atoms with van der Waals surface area (Å²) in [5.41, 5.74) is 7.21. The minimum absolute atomic E-state index is 0.406. The quantitative estimate of drug-likeness (QED) is 0.862. The van der Waals surface area contributed by atoms with Gasteiger partial charge in [0.2, 0.25) is 5.91 Å². The van der Waals surface area contributed by atoms with E-state index in [1.807, 2.05) is 42.6 Å². The van der Waals surface area contributed by atoms with Gasteiger partial charge in [-0.3, -0.25) is 10.1 Å². The lowest BCUT2D eigenvalue weighted by Crippen LogP contribution is -2.33. The average Bonchev–Trinajstić information content (AvgIpc) is 2.77. The fraction of sp³-hybridized carbons (Fsp3) is 0.231. The Bertz CT molecular complexity index is 524. The van der Waals surface area contributed by atoms with Gasteiger partial charge in [0.1, 0.15) is 6.04 Å². The molecule has 0 aliphatic carbocycles. The van der Waals surface area contributed by atoms with Crippen LogP contribution in [0.3, 0.4) is 0 Å². The number of rotatable bonds is 5. The molecule has 0 aliphatic rings. The number of thiazole rings is 1. The topological polar surface area (TPSA) is 68.0 Å². The highest BCUT2D eigenvalue weighted by atomic mass is 32.1. The Balaban J connectivity index is 2.06. The molecule has 1 unspecified atom stereocenters. The molecule has 0 aliphatic heterocycles. The lowest BCUT2D eigenvalue weighted by atomic mass is 10.2. The van der Waals surface area contributed by atoms with Crippen LogP contribution in [-0.2, 0) is 11.3 Å². The Morgan fingerprint density at radius 1 is 1.44 bits per heavy atom. The Kier molecular flexibility index (Phi) is 4.07. The van der Waals surface area contributed by atoms with Gasteiger partial charge < -0.3 is 5.73 Å². The summed E-state index contributed by atoms with van der Waals surface area (Å²) in [6.45, 7) is 2.49.